The van der Waals surface area contributed by atoms with Gasteiger partial charge in [-0.1, -0.05) is 78.9 Å². The number of fused-ring (bicyclic) bond motifs is 3. The Bertz CT molecular complexity index is 1190. The van der Waals surface area contributed by atoms with Crippen molar-refractivity contribution in [2.45, 2.75) is 11.3 Å². The molecule has 5 rings (SSSR count). The summed E-state index contributed by atoms with van der Waals surface area (Å²) in [4.78, 5) is 0.862. The Morgan fingerprint density at radius 1 is 0.643 bits per heavy atom. The molecule has 0 saturated heterocycles. The van der Waals surface area contributed by atoms with Gasteiger partial charge in [0.1, 0.15) is 0 Å². The average molecular weight is 381 g/mol. The molecule has 0 bridgehead atoms. The van der Waals surface area contributed by atoms with Gasteiger partial charge in [-0.3, -0.25) is 4.21 Å². The molecule has 0 fully saturated rings. The van der Waals surface area contributed by atoms with E-state index in [0.29, 0.717) is 0 Å². The summed E-state index contributed by atoms with van der Waals surface area (Å²) in [6.45, 7) is 0. The van der Waals surface area contributed by atoms with Gasteiger partial charge in [0.25, 0.3) is 0 Å². The topological polar surface area (TPSA) is 17.1 Å². The molecular weight excluding hydrogens is 360 g/mol. The summed E-state index contributed by atoms with van der Waals surface area (Å²) < 4.78 is 11.8. The van der Waals surface area contributed by atoms with Gasteiger partial charge in [-0.2, -0.15) is 0 Å². The highest BCUT2D eigenvalue weighted by atomic mass is 32.2. The fraction of sp³-hybridized carbons (Fsp3) is 0.0769. The first kappa shape index (κ1) is 17.2. The van der Waals surface area contributed by atoms with Crippen molar-refractivity contribution < 1.29 is 4.21 Å². The van der Waals surface area contributed by atoms with Crippen molar-refractivity contribution in [2.24, 2.45) is 0 Å². The zero-order valence-electron chi connectivity index (χ0n) is 15.7. The Morgan fingerprint density at radius 2 is 1.32 bits per heavy atom. The number of hydrogen-bond acceptors (Lipinski definition) is 1. The molecule has 0 aromatic heterocycles. The van der Waals surface area contributed by atoms with Gasteiger partial charge in [-0.05, 0) is 63.1 Å². The van der Waals surface area contributed by atoms with Crippen molar-refractivity contribution in [1.82, 2.24) is 0 Å². The fourth-order valence-corrected chi connectivity index (χ4v) is 4.73. The van der Waals surface area contributed by atoms with Gasteiger partial charge >= 0.3 is 0 Å². The first-order valence-corrected chi connectivity index (χ1v) is 11.0. The van der Waals surface area contributed by atoms with E-state index in [1.807, 2.05) is 12.1 Å². The van der Waals surface area contributed by atoms with E-state index in [1.54, 1.807) is 6.26 Å². The first-order valence-electron chi connectivity index (χ1n) is 9.46. The van der Waals surface area contributed by atoms with Gasteiger partial charge in [0.15, 0.2) is 0 Å². The largest absolute Gasteiger partial charge is 0.255 e. The summed E-state index contributed by atoms with van der Waals surface area (Å²) in [7, 11) is -0.967. The van der Waals surface area contributed by atoms with Gasteiger partial charge in [-0.25, -0.2) is 0 Å². The summed E-state index contributed by atoms with van der Waals surface area (Å²) in [5, 5.41) is 0. The van der Waals surface area contributed by atoms with Crippen LogP contribution in [-0.4, -0.2) is 10.5 Å². The van der Waals surface area contributed by atoms with E-state index >= 15 is 0 Å². The van der Waals surface area contributed by atoms with Crippen molar-refractivity contribution in [2.75, 3.05) is 6.26 Å². The highest BCUT2D eigenvalue weighted by Gasteiger charge is 2.24. The highest BCUT2D eigenvalue weighted by Crippen LogP contribution is 2.45. The van der Waals surface area contributed by atoms with Crippen LogP contribution in [0.15, 0.2) is 95.9 Å². The van der Waals surface area contributed by atoms with E-state index in [2.05, 4.69) is 78.9 Å². The van der Waals surface area contributed by atoms with Crippen LogP contribution < -0.4 is 0 Å². The lowest BCUT2D eigenvalue weighted by Crippen LogP contribution is -1.94. The van der Waals surface area contributed by atoms with Crippen LogP contribution in [0, 0.1) is 0 Å². The molecule has 0 amide bonds. The van der Waals surface area contributed by atoms with Crippen LogP contribution in [0.2, 0.25) is 0 Å². The van der Waals surface area contributed by atoms with E-state index in [4.69, 9.17) is 0 Å². The standard InChI is InChI=1S/C26H20OS/c1-28(27)21-13-11-19(12-14-21)26-23(18-7-3-2-4-8-18)15-16-24-22-10-6-5-9-20(22)17-25(24)26/h2-16H,17H2,1H3. The van der Waals surface area contributed by atoms with Crippen molar-refractivity contribution in [3.63, 3.8) is 0 Å². The Kier molecular flexibility index (Phi) is 4.22. The summed E-state index contributed by atoms with van der Waals surface area (Å²) >= 11 is 0. The van der Waals surface area contributed by atoms with Gasteiger partial charge in [0, 0.05) is 22.0 Å². The van der Waals surface area contributed by atoms with Crippen molar-refractivity contribution in [1.29, 1.82) is 0 Å². The quantitative estimate of drug-likeness (QED) is 0.357. The van der Waals surface area contributed by atoms with Gasteiger partial charge in [0.05, 0.1) is 0 Å². The Labute approximate surface area is 168 Å². The maximum Gasteiger partial charge on any atom is 0.0498 e. The van der Waals surface area contributed by atoms with Gasteiger partial charge in [0.2, 0.25) is 0 Å². The van der Waals surface area contributed by atoms with Crippen LogP contribution in [0.4, 0.5) is 0 Å². The maximum atomic E-state index is 11.8. The first-order chi connectivity index (χ1) is 13.7. The second-order valence-corrected chi connectivity index (χ2v) is 8.57. The van der Waals surface area contributed by atoms with Crippen LogP contribution in [0.25, 0.3) is 33.4 Å². The molecule has 136 valence electrons. The minimum atomic E-state index is -0.967. The lowest BCUT2D eigenvalue weighted by molar-refractivity contribution is 0.687. The molecular formula is C26H20OS. The molecule has 28 heavy (non-hydrogen) atoms. The van der Waals surface area contributed by atoms with E-state index in [0.717, 1.165) is 11.3 Å². The van der Waals surface area contributed by atoms with Crippen molar-refractivity contribution in [3.05, 3.63) is 102 Å². The van der Waals surface area contributed by atoms with E-state index in [9.17, 15) is 4.21 Å². The average Bonchev–Trinajstić information content (AvgIpc) is 3.12. The van der Waals surface area contributed by atoms with Gasteiger partial charge in [-0.15, -0.1) is 0 Å². The molecule has 0 spiro atoms. The van der Waals surface area contributed by atoms with Crippen LogP contribution in [0.5, 0.6) is 0 Å². The smallest absolute Gasteiger partial charge is 0.0498 e. The Morgan fingerprint density at radius 3 is 2.07 bits per heavy atom. The molecule has 1 nitrogen and oxygen atoms in total. The summed E-state index contributed by atoms with van der Waals surface area (Å²) in [6.07, 6.45) is 2.67. The minimum absolute atomic E-state index is 0.862. The molecule has 0 N–H and O–H groups in total. The fourth-order valence-electron chi connectivity index (χ4n) is 4.21. The van der Waals surface area contributed by atoms with E-state index in [-0.39, 0.29) is 0 Å². The molecule has 1 aliphatic rings. The molecule has 4 aromatic rings. The predicted molar refractivity (Wildman–Crippen MR) is 118 cm³/mol. The molecule has 1 unspecified atom stereocenters. The number of rotatable bonds is 3. The van der Waals surface area contributed by atoms with Crippen LogP contribution in [-0.2, 0) is 17.2 Å². The van der Waals surface area contributed by atoms with Crippen LogP contribution >= 0.6 is 0 Å². The second kappa shape index (κ2) is 6.88. The second-order valence-electron chi connectivity index (χ2n) is 7.19. The van der Waals surface area contributed by atoms with Crippen molar-refractivity contribution >= 4 is 10.8 Å². The Hall–Kier alpha value is -2.97. The van der Waals surface area contributed by atoms with Gasteiger partial charge < -0.3 is 0 Å². The van der Waals surface area contributed by atoms with E-state index in [1.165, 1.54) is 44.5 Å². The molecule has 1 atom stereocenters. The summed E-state index contributed by atoms with van der Waals surface area (Å²) in [6, 6.07) is 32.0. The minimum Gasteiger partial charge on any atom is -0.255 e. The maximum absolute atomic E-state index is 11.8. The molecule has 1 aliphatic carbocycles. The third kappa shape index (κ3) is 2.81. The SMILES string of the molecule is CS(=O)c1ccc(-c2c(-c3ccccc3)ccc3c2Cc2ccccc2-3)cc1. The zero-order valence-corrected chi connectivity index (χ0v) is 16.5. The lowest BCUT2D eigenvalue weighted by atomic mass is 9.88. The molecule has 0 heterocycles. The third-order valence-electron chi connectivity index (χ3n) is 5.55. The number of hydrogen-bond donors (Lipinski definition) is 0. The summed E-state index contributed by atoms with van der Waals surface area (Å²) in [5.74, 6) is 0. The van der Waals surface area contributed by atoms with Crippen LogP contribution in [0.1, 0.15) is 11.1 Å². The summed E-state index contributed by atoms with van der Waals surface area (Å²) in [5.41, 5.74) is 10.4. The third-order valence-corrected chi connectivity index (χ3v) is 6.48. The van der Waals surface area contributed by atoms with E-state index < -0.39 is 10.8 Å². The molecule has 4 aromatic carbocycles. The highest BCUT2D eigenvalue weighted by molar-refractivity contribution is 7.84. The normalized spacial score (nSPS) is 13.0. The Balaban J connectivity index is 1.76. The molecule has 0 aliphatic heterocycles. The van der Waals surface area contributed by atoms with Crippen LogP contribution in [0.3, 0.4) is 0 Å². The number of benzene rings is 4. The molecule has 0 saturated carbocycles. The van der Waals surface area contributed by atoms with Crippen molar-refractivity contribution in [3.8, 4) is 33.4 Å². The molecule has 2 heteroatoms. The predicted octanol–water partition coefficient (Wildman–Crippen LogP) is 6.33. The lowest BCUT2D eigenvalue weighted by Gasteiger charge is -2.16. The monoisotopic (exact) mass is 380 g/mol. The zero-order chi connectivity index (χ0) is 19.1. The molecule has 0 radical (unpaired) electrons.